The molecule has 0 aliphatic heterocycles. The molecule has 112 valence electrons. The zero-order valence-electron chi connectivity index (χ0n) is 12.3. The lowest BCUT2D eigenvalue weighted by Crippen LogP contribution is -2.14. The smallest absolute Gasteiger partial charge is 0.322 e. The van der Waals surface area contributed by atoms with Crippen LogP contribution in [0.5, 0.6) is 0 Å². The van der Waals surface area contributed by atoms with Crippen molar-refractivity contribution in [3.63, 3.8) is 0 Å². The standard InChI is InChI=1S/C16H15N3O3/c1-10-5-6-12(8-11(10)2)9-14(20)17-16-19-18-15(22-16)13-4-3-7-21-13/h3-8H,9H2,1-2H3,(H,17,19,20). The molecule has 0 unspecified atom stereocenters. The van der Waals surface area contributed by atoms with E-state index >= 15 is 0 Å². The molecular weight excluding hydrogens is 282 g/mol. The van der Waals surface area contributed by atoms with Gasteiger partial charge in [-0.1, -0.05) is 23.3 Å². The van der Waals surface area contributed by atoms with Crippen LogP contribution >= 0.6 is 0 Å². The van der Waals surface area contributed by atoms with Crippen LogP contribution in [0.4, 0.5) is 6.01 Å². The Morgan fingerprint density at radius 3 is 2.77 bits per heavy atom. The van der Waals surface area contributed by atoms with Gasteiger partial charge in [0.15, 0.2) is 5.76 Å². The second-order valence-electron chi connectivity index (χ2n) is 5.03. The number of furan rings is 1. The molecule has 0 aliphatic rings. The predicted molar refractivity (Wildman–Crippen MR) is 80.2 cm³/mol. The number of aromatic nitrogens is 2. The van der Waals surface area contributed by atoms with Gasteiger partial charge in [-0.25, -0.2) is 0 Å². The predicted octanol–water partition coefficient (Wildman–Crippen LogP) is 3.13. The van der Waals surface area contributed by atoms with E-state index in [4.69, 9.17) is 8.83 Å². The Balaban J connectivity index is 1.65. The zero-order valence-corrected chi connectivity index (χ0v) is 12.3. The minimum atomic E-state index is -0.210. The molecule has 0 fully saturated rings. The zero-order chi connectivity index (χ0) is 15.5. The van der Waals surface area contributed by atoms with E-state index < -0.39 is 0 Å². The molecule has 6 nitrogen and oxygen atoms in total. The topological polar surface area (TPSA) is 81.2 Å². The molecule has 3 rings (SSSR count). The van der Waals surface area contributed by atoms with Crippen molar-refractivity contribution >= 4 is 11.9 Å². The largest absolute Gasteiger partial charge is 0.459 e. The van der Waals surface area contributed by atoms with Gasteiger partial charge in [-0.15, -0.1) is 5.10 Å². The summed E-state index contributed by atoms with van der Waals surface area (Å²) in [6, 6.07) is 9.41. The first-order valence-electron chi connectivity index (χ1n) is 6.85. The highest BCUT2D eigenvalue weighted by Gasteiger charge is 2.13. The number of amides is 1. The van der Waals surface area contributed by atoms with E-state index in [-0.39, 0.29) is 24.2 Å². The minimum absolute atomic E-state index is 0.0558. The van der Waals surface area contributed by atoms with Gasteiger partial charge in [0.25, 0.3) is 5.89 Å². The fourth-order valence-electron chi connectivity index (χ4n) is 2.04. The summed E-state index contributed by atoms with van der Waals surface area (Å²) in [4.78, 5) is 12.0. The first-order chi connectivity index (χ1) is 10.6. The highest BCUT2D eigenvalue weighted by molar-refractivity contribution is 5.90. The van der Waals surface area contributed by atoms with Crippen LogP contribution in [0.15, 0.2) is 45.4 Å². The molecule has 1 N–H and O–H groups in total. The Bertz CT molecular complexity index is 791. The van der Waals surface area contributed by atoms with Crippen molar-refractivity contribution in [3.8, 4) is 11.7 Å². The number of carbonyl (C=O) groups is 1. The molecule has 2 aromatic heterocycles. The number of hydrogen-bond donors (Lipinski definition) is 1. The average molecular weight is 297 g/mol. The number of nitrogens with zero attached hydrogens (tertiary/aromatic N) is 2. The molecule has 22 heavy (non-hydrogen) atoms. The first-order valence-corrected chi connectivity index (χ1v) is 6.85. The summed E-state index contributed by atoms with van der Waals surface area (Å²) in [5, 5.41) is 10.2. The summed E-state index contributed by atoms with van der Waals surface area (Å²) in [5.74, 6) is 0.478. The maximum absolute atomic E-state index is 12.0. The maximum Gasteiger partial charge on any atom is 0.322 e. The molecule has 2 heterocycles. The van der Waals surface area contributed by atoms with Crippen LogP contribution in [0.25, 0.3) is 11.7 Å². The minimum Gasteiger partial charge on any atom is -0.459 e. The molecule has 0 aliphatic carbocycles. The summed E-state index contributed by atoms with van der Waals surface area (Å²) in [7, 11) is 0. The van der Waals surface area contributed by atoms with Crippen molar-refractivity contribution in [3.05, 3.63) is 53.3 Å². The third-order valence-corrected chi connectivity index (χ3v) is 3.34. The highest BCUT2D eigenvalue weighted by atomic mass is 16.4. The Morgan fingerprint density at radius 2 is 2.05 bits per heavy atom. The molecule has 3 aromatic rings. The number of carbonyl (C=O) groups excluding carboxylic acids is 1. The van der Waals surface area contributed by atoms with Crippen molar-refractivity contribution in [2.24, 2.45) is 0 Å². The molecule has 0 bridgehead atoms. The highest BCUT2D eigenvalue weighted by Crippen LogP contribution is 2.20. The Morgan fingerprint density at radius 1 is 1.18 bits per heavy atom. The summed E-state index contributed by atoms with van der Waals surface area (Å²) in [5.41, 5.74) is 3.29. The monoisotopic (exact) mass is 297 g/mol. The molecule has 0 saturated carbocycles. The van der Waals surface area contributed by atoms with Crippen LogP contribution < -0.4 is 5.32 Å². The van der Waals surface area contributed by atoms with Crippen molar-refractivity contribution < 1.29 is 13.6 Å². The van der Waals surface area contributed by atoms with Crippen molar-refractivity contribution in [1.82, 2.24) is 10.2 Å². The van der Waals surface area contributed by atoms with Crippen LogP contribution in [0.1, 0.15) is 16.7 Å². The van der Waals surface area contributed by atoms with Gasteiger partial charge in [-0.3, -0.25) is 10.1 Å². The van der Waals surface area contributed by atoms with E-state index in [1.54, 1.807) is 12.1 Å². The van der Waals surface area contributed by atoms with Crippen molar-refractivity contribution in [2.45, 2.75) is 20.3 Å². The van der Waals surface area contributed by atoms with Crippen LogP contribution in [-0.4, -0.2) is 16.1 Å². The third kappa shape index (κ3) is 3.06. The number of aryl methyl sites for hydroxylation is 2. The lowest BCUT2D eigenvalue weighted by Gasteiger charge is -2.04. The van der Waals surface area contributed by atoms with Crippen LogP contribution in [0, 0.1) is 13.8 Å². The maximum atomic E-state index is 12.0. The van der Waals surface area contributed by atoms with Gasteiger partial charge in [0.05, 0.1) is 12.7 Å². The number of anilines is 1. The van der Waals surface area contributed by atoms with Gasteiger partial charge in [-0.05, 0) is 42.7 Å². The summed E-state index contributed by atoms with van der Waals surface area (Å²) >= 11 is 0. The van der Waals surface area contributed by atoms with Gasteiger partial charge in [-0.2, -0.15) is 0 Å². The molecule has 1 aromatic carbocycles. The Labute approximate surface area is 127 Å². The van der Waals surface area contributed by atoms with Crippen LogP contribution in [-0.2, 0) is 11.2 Å². The van der Waals surface area contributed by atoms with Crippen molar-refractivity contribution in [1.29, 1.82) is 0 Å². The lowest BCUT2D eigenvalue weighted by atomic mass is 10.0. The van der Waals surface area contributed by atoms with Gasteiger partial charge in [0.2, 0.25) is 5.91 Å². The van der Waals surface area contributed by atoms with Crippen molar-refractivity contribution in [2.75, 3.05) is 5.32 Å². The van der Waals surface area contributed by atoms with E-state index in [0.29, 0.717) is 5.76 Å². The molecule has 0 atom stereocenters. The molecule has 0 saturated heterocycles. The number of benzene rings is 1. The first kappa shape index (κ1) is 14.1. The fourth-order valence-corrected chi connectivity index (χ4v) is 2.04. The van der Waals surface area contributed by atoms with E-state index in [2.05, 4.69) is 15.5 Å². The Kier molecular flexibility index (Phi) is 3.74. The number of hydrogen-bond acceptors (Lipinski definition) is 5. The Hall–Kier alpha value is -2.89. The molecule has 6 heteroatoms. The van der Waals surface area contributed by atoms with Gasteiger partial charge < -0.3 is 8.83 Å². The van der Waals surface area contributed by atoms with Crippen LogP contribution in [0.3, 0.4) is 0 Å². The molecule has 0 radical (unpaired) electrons. The molecule has 0 spiro atoms. The number of nitrogens with one attached hydrogen (secondary N) is 1. The third-order valence-electron chi connectivity index (χ3n) is 3.34. The summed E-state index contributed by atoms with van der Waals surface area (Å²) < 4.78 is 10.5. The van der Waals surface area contributed by atoms with Gasteiger partial charge >= 0.3 is 6.01 Å². The summed E-state index contributed by atoms with van der Waals surface area (Å²) in [6.45, 7) is 4.05. The SMILES string of the molecule is Cc1ccc(CC(=O)Nc2nnc(-c3ccco3)o2)cc1C. The summed E-state index contributed by atoms with van der Waals surface area (Å²) in [6.07, 6.45) is 1.76. The second kappa shape index (κ2) is 5.85. The molecular formula is C16H15N3O3. The molecule has 1 amide bonds. The second-order valence-corrected chi connectivity index (χ2v) is 5.03. The van der Waals surface area contributed by atoms with E-state index in [1.165, 1.54) is 11.8 Å². The normalized spacial score (nSPS) is 10.6. The fraction of sp³-hybridized carbons (Fsp3) is 0.188. The van der Waals surface area contributed by atoms with Crippen LogP contribution in [0.2, 0.25) is 0 Å². The van der Waals surface area contributed by atoms with E-state index in [0.717, 1.165) is 11.1 Å². The quantitative estimate of drug-likeness (QED) is 0.800. The number of rotatable bonds is 4. The lowest BCUT2D eigenvalue weighted by molar-refractivity contribution is -0.115. The van der Waals surface area contributed by atoms with Gasteiger partial charge in [0.1, 0.15) is 0 Å². The average Bonchev–Trinajstić information content (AvgIpc) is 3.13. The van der Waals surface area contributed by atoms with E-state index in [1.807, 2.05) is 32.0 Å². The van der Waals surface area contributed by atoms with E-state index in [9.17, 15) is 4.79 Å². The van der Waals surface area contributed by atoms with Gasteiger partial charge in [0, 0.05) is 0 Å².